The molecule has 0 heterocycles. The van der Waals surface area contributed by atoms with Crippen molar-refractivity contribution in [1.29, 1.82) is 0 Å². The van der Waals surface area contributed by atoms with Gasteiger partial charge in [-0.05, 0) is 6.92 Å². The van der Waals surface area contributed by atoms with Gasteiger partial charge in [0.15, 0.2) is 5.75 Å². The van der Waals surface area contributed by atoms with E-state index in [1.165, 1.54) is 0 Å². The first kappa shape index (κ1) is 11.4. The van der Waals surface area contributed by atoms with Crippen molar-refractivity contribution >= 4 is 16.0 Å². The summed E-state index contributed by atoms with van der Waals surface area (Å²) in [7, 11) is -3.48. The molecule has 0 bridgehead atoms. The number of ether oxygens (including phenoxy) is 1. The number of carbonyl (C=O) groups excluding carboxylic acids is 1. The highest BCUT2D eigenvalue weighted by Gasteiger charge is 2.15. The second kappa shape index (κ2) is 5.10. The minimum absolute atomic E-state index is 0.195. The lowest BCUT2D eigenvalue weighted by molar-refractivity contribution is -0.139. The molecule has 0 spiro atoms. The molecule has 0 rings (SSSR count). The van der Waals surface area contributed by atoms with Crippen LogP contribution >= 0.6 is 0 Å². The normalized spacial score (nSPS) is 11.2. The number of rotatable bonds is 5. The Morgan fingerprint density at radius 3 is 2.42 bits per heavy atom. The third kappa shape index (κ3) is 5.09. The van der Waals surface area contributed by atoms with Gasteiger partial charge < -0.3 is 4.74 Å². The number of nitrogens with one attached hydrogen (secondary N) is 1. The minimum Gasteiger partial charge on any atom is -0.465 e. The van der Waals surface area contributed by atoms with Crippen molar-refractivity contribution < 1.29 is 17.9 Å². The molecule has 0 aliphatic heterocycles. The van der Waals surface area contributed by atoms with Crippen molar-refractivity contribution in [2.45, 2.75) is 13.8 Å². The highest BCUT2D eigenvalue weighted by atomic mass is 32.2. The molecular weight excluding hydrogens is 182 g/mol. The van der Waals surface area contributed by atoms with E-state index >= 15 is 0 Å². The molecule has 72 valence electrons. The van der Waals surface area contributed by atoms with Crippen molar-refractivity contribution in [3.8, 4) is 0 Å². The van der Waals surface area contributed by atoms with Crippen LogP contribution in [-0.2, 0) is 19.6 Å². The van der Waals surface area contributed by atoms with Crippen molar-refractivity contribution in [2.24, 2.45) is 0 Å². The first-order valence-electron chi connectivity index (χ1n) is 3.64. The lowest BCUT2D eigenvalue weighted by Crippen LogP contribution is -2.30. The van der Waals surface area contributed by atoms with Crippen LogP contribution in [0.5, 0.6) is 0 Å². The Bertz CT molecular complexity index is 234. The number of hydrogen-bond acceptors (Lipinski definition) is 4. The molecule has 0 aromatic carbocycles. The van der Waals surface area contributed by atoms with Gasteiger partial charge >= 0.3 is 5.97 Å². The van der Waals surface area contributed by atoms with E-state index in [0.717, 1.165) is 0 Å². The molecule has 0 aliphatic rings. The predicted molar refractivity (Wildman–Crippen MR) is 44.1 cm³/mol. The van der Waals surface area contributed by atoms with Crippen LogP contribution in [0.1, 0.15) is 13.8 Å². The Labute approximate surface area is 72.1 Å². The molecule has 0 unspecified atom stereocenters. The Morgan fingerprint density at radius 2 is 2.00 bits per heavy atom. The molecule has 0 saturated carbocycles. The zero-order chi connectivity index (χ0) is 9.61. The number of sulfonamides is 1. The van der Waals surface area contributed by atoms with E-state index in [0.29, 0.717) is 0 Å². The Kier molecular flexibility index (Phi) is 4.84. The highest BCUT2D eigenvalue weighted by Crippen LogP contribution is 1.86. The number of carbonyl (C=O) groups is 1. The first-order chi connectivity index (χ1) is 5.52. The summed E-state index contributed by atoms with van der Waals surface area (Å²) < 4.78 is 28.5. The number of hydrogen-bond donors (Lipinski definition) is 1. The van der Waals surface area contributed by atoms with Crippen LogP contribution in [0.25, 0.3) is 0 Å². The second-order valence-electron chi connectivity index (χ2n) is 2.06. The topological polar surface area (TPSA) is 72.5 Å². The molecule has 0 aromatic rings. The van der Waals surface area contributed by atoms with Crippen LogP contribution in [0.2, 0.25) is 0 Å². The maximum atomic E-state index is 10.9. The molecule has 0 fully saturated rings. The van der Waals surface area contributed by atoms with Crippen molar-refractivity contribution in [3.63, 3.8) is 0 Å². The van der Waals surface area contributed by atoms with E-state index in [1.54, 1.807) is 13.8 Å². The lowest BCUT2D eigenvalue weighted by atomic mass is 10.8. The average molecular weight is 195 g/mol. The fourth-order valence-electron chi connectivity index (χ4n) is 0.629. The summed E-state index contributed by atoms with van der Waals surface area (Å²) in [6.07, 6.45) is 0. The van der Waals surface area contributed by atoms with Crippen LogP contribution in [0.4, 0.5) is 0 Å². The van der Waals surface area contributed by atoms with E-state index in [-0.39, 0.29) is 13.2 Å². The lowest BCUT2D eigenvalue weighted by Gasteiger charge is -2.03. The molecule has 0 atom stereocenters. The molecule has 1 N–H and O–H groups in total. The third-order valence-electron chi connectivity index (χ3n) is 0.977. The molecule has 0 amide bonds. The smallest absolute Gasteiger partial charge is 0.322 e. The number of esters is 1. The maximum absolute atomic E-state index is 10.9. The molecule has 12 heavy (non-hydrogen) atoms. The molecule has 0 radical (unpaired) electrons. The van der Waals surface area contributed by atoms with Gasteiger partial charge in [-0.2, -0.15) is 0 Å². The van der Waals surface area contributed by atoms with Crippen molar-refractivity contribution in [1.82, 2.24) is 4.72 Å². The standard InChI is InChI=1S/C6H13NO4S/c1-3-7-12(9,10)5-6(8)11-4-2/h7H,3-5H2,1-2H3. The van der Waals surface area contributed by atoms with Gasteiger partial charge in [-0.25, -0.2) is 13.1 Å². The van der Waals surface area contributed by atoms with E-state index in [2.05, 4.69) is 9.46 Å². The predicted octanol–water partition coefficient (Wildman–Crippen LogP) is -0.511. The fourth-order valence-corrected chi connectivity index (χ4v) is 1.56. The third-order valence-corrected chi connectivity index (χ3v) is 2.32. The SMILES string of the molecule is CCNS(=O)(=O)CC(=O)OCC. The van der Waals surface area contributed by atoms with Crippen LogP contribution in [-0.4, -0.2) is 33.3 Å². The summed E-state index contributed by atoms with van der Waals surface area (Å²) in [4.78, 5) is 10.7. The van der Waals surface area contributed by atoms with Crippen LogP contribution in [0, 0.1) is 0 Å². The minimum atomic E-state index is -3.48. The first-order valence-corrected chi connectivity index (χ1v) is 5.30. The second-order valence-corrected chi connectivity index (χ2v) is 3.87. The average Bonchev–Trinajstić information content (AvgIpc) is 1.85. The monoisotopic (exact) mass is 195 g/mol. The molecule has 0 aromatic heterocycles. The Morgan fingerprint density at radius 1 is 1.42 bits per heavy atom. The van der Waals surface area contributed by atoms with Crippen LogP contribution < -0.4 is 4.72 Å². The molecule has 0 saturated heterocycles. The van der Waals surface area contributed by atoms with Crippen LogP contribution in [0.3, 0.4) is 0 Å². The van der Waals surface area contributed by atoms with Gasteiger partial charge in [-0.3, -0.25) is 4.79 Å². The van der Waals surface area contributed by atoms with E-state index in [4.69, 9.17) is 0 Å². The fraction of sp³-hybridized carbons (Fsp3) is 0.833. The quantitative estimate of drug-likeness (QED) is 0.600. The summed E-state index contributed by atoms with van der Waals surface area (Å²) >= 11 is 0. The summed E-state index contributed by atoms with van der Waals surface area (Å²) in [5, 5.41) is 0. The summed E-state index contributed by atoms with van der Waals surface area (Å²) in [6.45, 7) is 3.74. The van der Waals surface area contributed by atoms with E-state index in [9.17, 15) is 13.2 Å². The zero-order valence-corrected chi connectivity index (χ0v) is 7.98. The molecule has 5 nitrogen and oxygen atoms in total. The van der Waals surface area contributed by atoms with E-state index in [1.807, 2.05) is 0 Å². The Hall–Kier alpha value is -0.620. The highest BCUT2D eigenvalue weighted by molar-refractivity contribution is 7.90. The largest absolute Gasteiger partial charge is 0.465 e. The summed E-state index contributed by atoms with van der Waals surface area (Å²) in [5.41, 5.74) is 0. The van der Waals surface area contributed by atoms with Gasteiger partial charge in [0.2, 0.25) is 10.0 Å². The van der Waals surface area contributed by atoms with Crippen LogP contribution in [0.15, 0.2) is 0 Å². The van der Waals surface area contributed by atoms with Crippen molar-refractivity contribution in [2.75, 3.05) is 18.9 Å². The van der Waals surface area contributed by atoms with Gasteiger partial charge in [-0.1, -0.05) is 6.92 Å². The Balaban J connectivity index is 3.98. The summed E-state index contributed by atoms with van der Waals surface area (Å²) in [6, 6.07) is 0. The molecular formula is C6H13NO4S. The zero-order valence-electron chi connectivity index (χ0n) is 7.16. The summed E-state index contributed by atoms with van der Waals surface area (Å²) in [5.74, 6) is -1.33. The maximum Gasteiger partial charge on any atom is 0.322 e. The van der Waals surface area contributed by atoms with Gasteiger partial charge in [0, 0.05) is 6.54 Å². The van der Waals surface area contributed by atoms with E-state index < -0.39 is 21.7 Å². The van der Waals surface area contributed by atoms with Gasteiger partial charge in [0.1, 0.15) is 0 Å². The van der Waals surface area contributed by atoms with Gasteiger partial charge in [0.05, 0.1) is 6.61 Å². The van der Waals surface area contributed by atoms with Crippen molar-refractivity contribution in [3.05, 3.63) is 0 Å². The van der Waals surface area contributed by atoms with Gasteiger partial charge in [-0.15, -0.1) is 0 Å². The molecule has 0 aliphatic carbocycles. The molecule has 6 heteroatoms. The van der Waals surface area contributed by atoms with Gasteiger partial charge in [0.25, 0.3) is 0 Å².